The van der Waals surface area contributed by atoms with E-state index in [2.05, 4.69) is 16.9 Å². The quantitative estimate of drug-likeness (QED) is 0.319. The zero-order valence-electron chi connectivity index (χ0n) is 10.5. The number of carbonyl (C=O) groups excluding carboxylic acids is 1. The van der Waals surface area contributed by atoms with Crippen LogP contribution in [0.2, 0.25) is 0 Å². The molecule has 1 aromatic carbocycles. The molecule has 0 saturated heterocycles. The summed E-state index contributed by atoms with van der Waals surface area (Å²) >= 11 is 0. The number of nitrogens with zero attached hydrogens (tertiary/aromatic N) is 3. The summed E-state index contributed by atoms with van der Waals surface area (Å²) in [6.45, 7) is 2.25. The molecule has 0 amide bonds. The van der Waals surface area contributed by atoms with Crippen LogP contribution in [0.25, 0.3) is 10.4 Å². The van der Waals surface area contributed by atoms with Crippen LogP contribution in [-0.2, 0) is 4.74 Å². The van der Waals surface area contributed by atoms with Gasteiger partial charge in [0.15, 0.2) is 0 Å². The van der Waals surface area contributed by atoms with E-state index in [4.69, 9.17) is 10.3 Å². The van der Waals surface area contributed by atoms with E-state index in [1.807, 2.05) is 6.07 Å². The molecule has 0 aliphatic rings. The molecule has 0 bridgehead atoms. The van der Waals surface area contributed by atoms with Gasteiger partial charge in [-0.3, -0.25) is 0 Å². The summed E-state index contributed by atoms with van der Waals surface area (Å²) in [6, 6.07) is 8.81. The summed E-state index contributed by atoms with van der Waals surface area (Å²) in [5.41, 5.74) is 8.82. The van der Waals surface area contributed by atoms with Crippen molar-refractivity contribution in [2.24, 2.45) is 5.11 Å². The fourth-order valence-electron chi connectivity index (χ4n) is 1.54. The maximum Gasteiger partial charge on any atom is 0.338 e. The van der Waals surface area contributed by atoms with Gasteiger partial charge in [-0.1, -0.05) is 43.1 Å². The zero-order chi connectivity index (χ0) is 13.2. The number of azide groups is 1. The van der Waals surface area contributed by atoms with Crippen LogP contribution < -0.4 is 0 Å². The van der Waals surface area contributed by atoms with Crippen molar-refractivity contribution in [1.29, 1.82) is 0 Å². The highest BCUT2D eigenvalue weighted by atomic mass is 16.5. The summed E-state index contributed by atoms with van der Waals surface area (Å²) in [6.07, 6.45) is 2.32. The van der Waals surface area contributed by atoms with E-state index >= 15 is 0 Å². The number of rotatable bonds is 7. The maximum absolute atomic E-state index is 11.8. The lowest BCUT2D eigenvalue weighted by molar-refractivity contribution is 0.0298. The molecule has 5 nitrogen and oxygen atoms in total. The van der Waals surface area contributed by atoms with Crippen LogP contribution in [0.1, 0.15) is 36.5 Å². The minimum absolute atomic E-state index is 0.190. The molecule has 1 rings (SSSR count). The highest BCUT2D eigenvalue weighted by Gasteiger charge is 2.14. The van der Waals surface area contributed by atoms with Crippen molar-refractivity contribution in [3.63, 3.8) is 0 Å². The van der Waals surface area contributed by atoms with Crippen LogP contribution in [0.4, 0.5) is 0 Å². The van der Waals surface area contributed by atoms with Crippen LogP contribution in [0.15, 0.2) is 35.4 Å². The van der Waals surface area contributed by atoms with Crippen molar-refractivity contribution in [3.8, 4) is 0 Å². The molecule has 96 valence electrons. The van der Waals surface area contributed by atoms with E-state index in [0.29, 0.717) is 12.0 Å². The van der Waals surface area contributed by atoms with Crippen LogP contribution in [-0.4, -0.2) is 18.6 Å². The predicted octanol–water partition coefficient (Wildman–Crippen LogP) is 3.71. The lowest BCUT2D eigenvalue weighted by Gasteiger charge is -2.15. The number of carbonyl (C=O) groups is 1. The van der Waals surface area contributed by atoms with Gasteiger partial charge in [0.05, 0.1) is 12.1 Å². The highest BCUT2D eigenvalue weighted by molar-refractivity contribution is 5.89. The molecule has 0 fully saturated rings. The number of hydrogen-bond acceptors (Lipinski definition) is 3. The third-order valence-electron chi connectivity index (χ3n) is 2.51. The minimum Gasteiger partial charge on any atom is -0.459 e. The van der Waals surface area contributed by atoms with Crippen LogP contribution in [0.3, 0.4) is 0 Å². The summed E-state index contributed by atoms with van der Waals surface area (Å²) in [4.78, 5) is 14.5. The molecule has 0 N–H and O–H groups in total. The Labute approximate surface area is 106 Å². The second kappa shape index (κ2) is 8.14. The predicted molar refractivity (Wildman–Crippen MR) is 69.2 cm³/mol. The Hall–Kier alpha value is -2.00. The Balaban J connectivity index is 2.58. The Bertz CT molecular complexity index is 414. The summed E-state index contributed by atoms with van der Waals surface area (Å²) in [5.74, 6) is -0.371. The second-order valence-electron chi connectivity index (χ2n) is 3.95. The topological polar surface area (TPSA) is 75.1 Å². The molecular weight excluding hydrogens is 230 g/mol. The third kappa shape index (κ3) is 4.89. The maximum atomic E-state index is 11.8. The van der Waals surface area contributed by atoms with Gasteiger partial charge in [-0.2, -0.15) is 0 Å². The minimum atomic E-state index is -0.371. The Morgan fingerprint density at radius 3 is 2.78 bits per heavy atom. The summed E-state index contributed by atoms with van der Waals surface area (Å²) in [5, 5.41) is 3.48. The van der Waals surface area contributed by atoms with Crippen LogP contribution >= 0.6 is 0 Å². The molecule has 0 saturated carbocycles. The second-order valence-corrected chi connectivity index (χ2v) is 3.95. The lowest BCUT2D eigenvalue weighted by Crippen LogP contribution is -2.21. The largest absolute Gasteiger partial charge is 0.459 e. The fraction of sp³-hybridized carbons (Fsp3) is 0.462. The first-order valence-electron chi connectivity index (χ1n) is 6.04. The molecule has 0 aromatic heterocycles. The van der Waals surface area contributed by atoms with E-state index in [0.717, 1.165) is 12.8 Å². The number of unbranched alkanes of at least 4 members (excludes halogenated alkanes) is 1. The Morgan fingerprint density at radius 2 is 2.17 bits per heavy atom. The molecule has 0 heterocycles. The molecule has 5 heteroatoms. The fourth-order valence-corrected chi connectivity index (χ4v) is 1.54. The molecule has 1 atom stereocenters. The molecule has 18 heavy (non-hydrogen) atoms. The monoisotopic (exact) mass is 247 g/mol. The SMILES string of the molecule is CCCCC(CN=[N+]=[N-])OC(=O)c1ccccc1. The Kier molecular flexibility index (Phi) is 6.36. The molecule has 0 radical (unpaired) electrons. The average Bonchev–Trinajstić information content (AvgIpc) is 2.42. The molecule has 0 aliphatic carbocycles. The van der Waals surface area contributed by atoms with Gasteiger partial charge < -0.3 is 4.74 Å². The van der Waals surface area contributed by atoms with Crippen molar-refractivity contribution in [2.75, 3.05) is 6.54 Å². The van der Waals surface area contributed by atoms with Crippen molar-refractivity contribution >= 4 is 5.97 Å². The standard InChI is InChI=1S/C13H17N3O2/c1-2-3-9-12(10-15-16-14)18-13(17)11-7-5-4-6-8-11/h4-8,12H,2-3,9-10H2,1H3. The Morgan fingerprint density at radius 1 is 1.44 bits per heavy atom. The smallest absolute Gasteiger partial charge is 0.338 e. The van der Waals surface area contributed by atoms with E-state index < -0.39 is 0 Å². The molecule has 1 aromatic rings. The van der Waals surface area contributed by atoms with Gasteiger partial charge in [-0.05, 0) is 24.1 Å². The molecule has 1 unspecified atom stereocenters. The summed E-state index contributed by atoms with van der Waals surface area (Å²) < 4.78 is 5.34. The third-order valence-corrected chi connectivity index (χ3v) is 2.51. The highest BCUT2D eigenvalue weighted by Crippen LogP contribution is 2.10. The van der Waals surface area contributed by atoms with Gasteiger partial charge in [0.25, 0.3) is 0 Å². The van der Waals surface area contributed by atoms with Gasteiger partial charge >= 0.3 is 5.97 Å². The number of esters is 1. The van der Waals surface area contributed by atoms with E-state index in [1.54, 1.807) is 24.3 Å². The van der Waals surface area contributed by atoms with Gasteiger partial charge in [0, 0.05) is 4.91 Å². The molecular formula is C13H17N3O2. The first-order chi connectivity index (χ1) is 8.77. The molecule has 0 spiro atoms. The van der Waals surface area contributed by atoms with Gasteiger partial charge in [0.1, 0.15) is 6.10 Å². The first kappa shape index (κ1) is 14.1. The van der Waals surface area contributed by atoms with Gasteiger partial charge in [-0.15, -0.1) is 0 Å². The van der Waals surface area contributed by atoms with Crippen molar-refractivity contribution in [3.05, 3.63) is 46.3 Å². The zero-order valence-corrected chi connectivity index (χ0v) is 10.5. The number of ether oxygens (including phenoxy) is 1. The van der Waals surface area contributed by atoms with Crippen LogP contribution in [0.5, 0.6) is 0 Å². The number of hydrogen-bond donors (Lipinski definition) is 0. The van der Waals surface area contributed by atoms with E-state index in [1.165, 1.54) is 0 Å². The van der Waals surface area contributed by atoms with Crippen molar-refractivity contribution in [1.82, 2.24) is 0 Å². The average molecular weight is 247 g/mol. The van der Waals surface area contributed by atoms with Gasteiger partial charge in [-0.25, -0.2) is 4.79 Å². The van der Waals surface area contributed by atoms with Gasteiger partial charge in [0.2, 0.25) is 0 Å². The van der Waals surface area contributed by atoms with Crippen molar-refractivity contribution in [2.45, 2.75) is 32.3 Å². The van der Waals surface area contributed by atoms with E-state index in [9.17, 15) is 4.79 Å². The van der Waals surface area contributed by atoms with Crippen molar-refractivity contribution < 1.29 is 9.53 Å². The van der Waals surface area contributed by atoms with E-state index in [-0.39, 0.29) is 18.6 Å². The van der Waals surface area contributed by atoms with Crippen LogP contribution in [0, 0.1) is 0 Å². The first-order valence-corrected chi connectivity index (χ1v) is 6.04. The summed E-state index contributed by atoms with van der Waals surface area (Å²) in [7, 11) is 0. The molecule has 0 aliphatic heterocycles. The lowest BCUT2D eigenvalue weighted by atomic mass is 10.1. The normalized spacial score (nSPS) is 11.4. The number of benzene rings is 1.